The molecule has 1 aromatic carbocycles. The van der Waals surface area contributed by atoms with Gasteiger partial charge < -0.3 is 26.3 Å². The largest absolute Gasteiger partial charge is 0.469 e. The molecule has 0 radical (unpaired) electrons. The number of amides is 1. The predicted molar refractivity (Wildman–Crippen MR) is 131 cm³/mol. The van der Waals surface area contributed by atoms with Crippen LogP contribution in [0.3, 0.4) is 0 Å². The minimum atomic E-state index is -0.981. The van der Waals surface area contributed by atoms with Gasteiger partial charge in [-0.15, -0.1) is 6.58 Å². The zero-order valence-corrected chi connectivity index (χ0v) is 19.8. The fourth-order valence-electron chi connectivity index (χ4n) is 3.57. The summed E-state index contributed by atoms with van der Waals surface area (Å²) in [6.45, 7) is 3.89. The number of nitrogens with one attached hydrogen (secondary N) is 2. The number of aromatic amines is 1. The van der Waals surface area contributed by atoms with Crippen molar-refractivity contribution < 1.29 is 23.9 Å². The molecule has 0 aliphatic carbocycles. The van der Waals surface area contributed by atoms with Crippen molar-refractivity contribution in [2.75, 3.05) is 25.7 Å². The number of nitrogen functional groups attached to an aromatic ring is 2. The molecule has 11 heteroatoms. The highest BCUT2D eigenvalue weighted by Crippen LogP contribution is 2.24. The van der Waals surface area contributed by atoms with Gasteiger partial charge in [0, 0.05) is 17.9 Å². The molecule has 2 atom stereocenters. The van der Waals surface area contributed by atoms with Crippen molar-refractivity contribution in [3.05, 3.63) is 64.0 Å². The number of carbonyl (C=O) groups is 3. The molecule has 188 valence electrons. The summed E-state index contributed by atoms with van der Waals surface area (Å²) in [5.74, 6) is -1.54. The summed E-state index contributed by atoms with van der Waals surface area (Å²) in [7, 11) is 2.45. The lowest BCUT2D eigenvalue weighted by molar-refractivity contribution is -0.144. The van der Waals surface area contributed by atoms with E-state index in [1.165, 1.54) is 14.2 Å². The van der Waals surface area contributed by atoms with Crippen LogP contribution in [0.2, 0.25) is 0 Å². The van der Waals surface area contributed by atoms with Crippen LogP contribution >= 0.6 is 0 Å². The minimum absolute atomic E-state index is 0.0166. The number of allylic oxidation sites excluding steroid dienone is 1. The Morgan fingerprint density at radius 2 is 1.83 bits per heavy atom. The van der Waals surface area contributed by atoms with Crippen LogP contribution in [-0.2, 0) is 25.5 Å². The molecule has 2 aromatic rings. The highest BCUT2D eigenvalue weighted by atomic mass is 16.5. The number of benzene rings is 1. The Balaban J connectivity index is 2.00. The monoisotopic (exact) mass is 485 g/mol. The van der Waals surface area contributed by atoms with Crippen molar-refractivity contribution in [3.8, 4) is 0 Å². The van der Waals surface area contributed by atoms with Crippen LogP contribution in [0.1, 0.15) is 53.1 Å². The maximum Gasteiger partial charge on any atom is 0.328 e. The fraction of sp³-hybridized carbons (Fsp3) is 0.375. The average Bonchev–Trinajstić information content (AvgIpc) is 2.84. The number of anilines is 2. The maximum atomic E-state index is 12.6. The molecule has 0 fully saturated rings. The Kier molecular flexibility index (Phi) is 10.0. The second kappa shape index (κ2) is 12.9. The number of H-pyrrole nitrogens is 1. The minimum Gasteiger partial charge on any atom is -0.469 e. The molecule has 6 N–H and O–H groups in total. The Morgan fingerprint density at radius 3 is 2.40 bits per heavy atom. The molecule has 1 amide bonds. The number of ether oxygens (including phenoxy) is 2. The quantitative estimate of drug-likeness (QED) is 0.256. The number of aromatic nitrogens is 2. The van der Waals surface area contributed by atoms with Crippen molar-refractivity contribution in [1.82, 2.24) is 15.3 Å². The van der Waals surface area contributed by atoms with Crippen LogP contribution in [0.25, 0.3) is 0 Å². The zero-order valence-electron chi connectivity index (χ0n) is 19.8. The number of rotatable bonds is 12. The lowest BCUT2D eigenvalue weighted by Crippen LogP contribution is -2.41. The van der Waals surface area contributed by atoms with Gasteiger partial charge in [-0.3, -0.25) is 19.4 Å². The maximum absolute atomic E-state index is 12.6. The molecular formula is C24H31N5O6. The smallest absolute Gasteiger partial charge is 0.328 e. The summed E-state index contributed by atoms with van der Waals surface area (Å²) in [5, 5.41) is 2.59. The van der Waals surface area contributed by atoms with Gasteiger partial charge in [0.05, 0.1) is 19.8 Å². The van der Waals surface area contributed by atoms with E-state index < -0.39 is 23.9 Å². The first-order chi connectivity index (χ1) is 16.7. The Morgan fingerprint density at radius 1 is 1.14 bits per heavy atom. The van der Waals surface area contributed by atoms with Gasteiger partial charge in [0.1, 0.15) is 11.9 Å². The van der Waals surface area contributed by atoms with E-state index in [2.05, 4.69) is 26.6 Å². The van der Waals surface area contributed by atoms with E-state index in [1.807, 2.05) is 0 Å². The highest BCUT2D eigenvalue weighted by molar-refractivity contribution is 5.96. The second-order valence-electron chi connectivity index (χ2n) is 7.84. The van der Waals surface area contributed by atoms with E-state index in [0.717, 1.165) is 5.56 Å². The third-order valence-corrected chi connectivity index (χ3v) is 5.55. The fourth-order valence-corrected chi connectivity index (χ4v) is 3.57. The highest BCUT2D eigenvalue weighted by Gasteiger charge is 2.23. The number of nitrogens with zero attached hydrogens (tertiary/aromatic N) is 1. The molecule has 0 saturated carbocycles. The van der Waals surface area contributed by atoms with Crippen molar-refractivity contribution in [1.29, 1.82) is 0 Å². The van der Waals surface area contributed by atoms with Gasteiger partial charge in [-0.05, 0) is 43.4 Å². The number of esters is 2. The summed E-state index contributed by atoms with van der Waals surface area (Å²) in [6, 6.07) is 5.90. The number of hydrogen-bond donors (Lipinski definition) is 4. The molecule has 0 spiro atoms. The molecule has 1 heterocycles. The Labute approximate surface area is 202 Å². The Bertz CT molecular complexity index is 1110. The van der Waals surface area contributed by atoms with Gasteiger partial charge in [-0.1, -0.05) is 18.2 Å². The average molecular weight is 486 g/mol. The van der Waals surface area contributed by atoms with Crippen LogP contribution in [-0.4, -0.2) is 48.1 Å². The first kappa shape index (κ1) is 27.1. The topological polar surface area (TPSA) is 179 Å². The van der Waals surface area contributed by atoms with Gasteiger partial charge in [-0.2, -0.15) is 4.98 Å². The zero-order chi connectivity index (χ0) is 26.0. The predicted octanol–water partition coefficient (Wildman–Crippen LogP) is 1.45. The van der Waals surface area contributed by atoms with Gasteiger partial charge >= 0.3 is 11.9 Å². The molecule has 0 aliphatic rings. The first-order valence-corrected chi connectivity index (χ1v) is 11.0. The van der Waals surface area contributed by atoms with Crippen molar-refractivity contribution in [3.63, 3.8) is 0 Å². The lowest BCUT2D eigenvalue weighted by Gasteiger charge is -2.17. The van der Waals surface area contributed by atoms with Gasteiger partial charge in [0.25, 0.3) is 11.5 Å². The molecule has 11 nitrogen and oxygen atoms in total. The van der Waals surface area contributed by atoms with Crippen LogP contribution in [0.4, 0.5) is 11.8 Å². The van der Waals surface area contributed by atoms with Crippen molar-refractivity contribution in [2.24, 2.45) is 0 Å². The molecule has 0 bridgehead atoms. The van der Waals surface area contributed by atoms with Gasteiger partial charge in [0.2, 0.25) is 5.95 Å². The number of nitrogens with two attached hydrogens (primary N) is 2. The van der Waals surface area contributed by atoms with Crippen molar-refractivity contribution in [2.45, 2.75) is 44.1 Å². The SMILES string of the molecule is C=CC(CCCc1c(N)nc(N)[nH]c1=O)c1ccc(C(=O)N[C@H](CCC(=O)OC)C(=O)OC)cc1. The molecule has 1 unspecified atom stereocenters. The molecule has 2 rings (SSSR count). The van der Waals surface area contributed by atoms with Gasteiger partial charge in [0.15, 0.2) is 0 Å². The van der Waals surface area contributed by atoms with Crippen molar-refractivity contribution >= 4 is 29.6 Å². The third kappa shape index (κ3) is 7.70. The number of methoxy groups -OCH3 is 2. The van der Waals surface area contributed by atoms with E-state index in [0.29, 0.717) is 30.4 Å². The van der Waals surface area contributed by atoms with Crippen LogP contribution in [0, 0.1) is 0 Å². The second-order valence-corrected chi connectivity index (χ2v) is 7.84. The summed E-state index contributed by atoms with van der Waals surface area (Å²) in [6.07, 6.45) is 3.58. The van der Waals surface area contributed by atoms with Crippen LogP contribution in [0.5, 0.6) is 0 Å². The number of carbonyl (C=O) groups excluding carboxylic acids is 3. The van der Waals surface area contributed by atoms with E-state index >= 15 is 0 Å². The lowest BCUT2D eigenvalue weighted by atomic mass is 9.92. The summed E-state index contributed by atoms with van der Waals surface area (Å²) in [4.78, 5) is 54.4. The summed E-state index contributed by atoms with van der Waals surface area (Å²) >= 11 is 0. The van der Waals surface area contributed by atoms with E-state index in [-0.39, 0.29) is 36.1 Å². The van der Waals surface area contributed by atoms with E-state index in [4.69, 9.17) is 16.2 Å². The van der Waals surface area contributed by atoms with Gasteiger partial charge in [-0.25, -0.2) is 4.79 Å². The van der Waals surface area contributed by atoms with E-state index in [9.17, 15) is 19.2 Å². The standard InChI is InChI=1S/C24H31N5O6/c1-4-14(6-5-7-17-20(25)28-24(26)29-22(17)32)15-8-10-16(11-9-15)21(31)27-18(23(33)35-3)12-13-19(30)34-2/h4,8-11,14,18H,1,5-7,12-13H2,2-3H3,(H,27,31)(H5,25,26,28,29,32)/t14?,18-/m1/s1. The normalized spacial score (nSPS) is 12.3. The number of hydrogen-bond acceptors (Lipinski definition) is 9. The first-order valence-electron chi connectivity index (χ1n) is 11.0. The molecule has 1 aromatic heterocycles. The van der Waals surface area contributed by atoms with E-state index in [1.54, 1.807) is 30.3 Å². The molecule has 0 saturated heterocycles. The summed E-state index contributed by atoms with van der Waals surface area (Å²) in [5.41, 5.74) is 12.6. The third-order valence-electron chi connectivity index (χ3n) is 5.55. The van der Waals surface area contributed by atoms with Crippen LogP contribution < -0.4 is 22.3 Å². The van der Waals surface area contributed by atoms with Crippen LogP contribution in [0.15, 0.2) is 41.7 Å². The molecular weight excluding hydrogens is 454 g/mol. The molecule has 35 heavy (non-hydrogen) atoms. The molecule has 0 aliphatic heterocycles. The Hall–Kier alpha value is -4.15. The summed E-state index contributed by atoms with van der Waals surface area (Å²) < 4.78 is 9.29.